The highest BCUT2D eigenvalue weighted by Crippen LogP contribution is 2.23. The topological polar surface area (TPSA) is 58.9 Å². The summed E-state index contributed by atoms with van der Waals surface area (Å²) < 4.78 is 0. The van der Waals surface area contributed by atoms with Crippen molar-refractivity contribution >= 4 is 17.8 Å². The molecular formula is C10H8N2O2. The summed E-state index contributed by atoms with van der Waals surface area (Å²) in [6.45, 7) is 2.01. The molecule has 4 nitrogen and oxygen atoms in total. The normalized spacial score (nSPS) is 8.64. The number of aliphatic imine (C=N–C) groups is 2. The molecule has 14 heavy (non-hydrogen) atoms. The third kappa shape index (κ3) is 2.23. The summed E-state index contributed by atoms with van der Waals surface area (Å²) >= 11 is 0. The van der Waals surface area contributed by atoms with Gasteiger partial charge in [-0.05, 0) is 12.5 Å². The number of rotatable bonds is 3. The van der Waals surface area contributed by atoms with Crippen molar-refractivity contribution in [3.8, 4) is 0 Å². The average molecular weight is 188 g/mol. The minimum Gasteiger partial charge on any atom is -0.211 e. The molecule has 0 atom stereocenters. The van der Waals surface area contributed by atoms with E-state index < -0.39 is 0 Å². The van der Waals surface area contributed by atoms with Crippen LogP contribution in [0.25, 0.3) is 0 Å². The van der Waals surface area contributed by atoms with E-state index in [1.807, 2.05) is 19.1 Å². The van der Waals surface area contributed by atoms with E-state index in [1.54, 1.807) is 6.07 Å². The first-order valence-electron chi connectivity index (χ1n) is 3.99. The van der Waals surface area contributed by atoms with E-state index in [2.05, 4.69) is 9.98 Å². The second kappa shape index (κ2) is 4.87. The van der Waals surface area contributed by atoms with Gasteiger partial charge in [0, 0.05) is 5.56 Å². The van der Waals surface area contributed by atoms with Crippen LogP contribution < -0.4 is 0 Å². The molecule has 0 aliphatic carbocycles. The maximum atomic E-state index is 10.2. The van der Waals surface area contributed by atoms with Crippen molar-refractivity contribution in [3.05, 3.63) is 29.3 Å². The number of para-hydroxylation sites is 1. The zero-order chi connectivity index (χ0) is 10.4. The highest BCUT2D eigenvalue weighted by molar-refractivity contribution is 5.58. The summed E-state index contributed by atoms with van der Waals surface area (Å²) in [4.78, 5) is 27.1. The number of isocyanates is 2. The fraction of sp³-hybridized carbons (Fsp3) is 0.200. The summed E-state index contributed by atoms with van der Waals surface area (Å²) in [5.41, 5.74) is 2.10. The van der Waals surface area contributed by atoms with Crippen LogP contribution in [-0.2, 0) is 16.1 Å². The predicted molar refractivity (Wildman–Crippen MR) is 50.8 cm³/mol. The highest BCUT2D eigenvalue weighted by Gasteiger charge is 2.03. The van der Waals surface area contributed by atoms with Crippen LogP contribution in [-0.4, -0.2) is 12.2 Å². The first kappa shape index (κ1) is 10.1. The van der Waals surface area contributed by atoms with Crippen LogP contribution in [0.4, 0.5) is 5.69 Å². The van der Waals surface area contributed by atoms with Crippen LogP contribution in [0.15, 0.2) is 28.2 Å². The van der Waals surface area contributed by atoms with E-state index in [9.17, 15) is 9.59 Å². The maximum Gasteiger partial charge on any atom is 0.240 e. The minimum atomic E-state index is 0.186. The van der Waals surface area contributed by atoms with E-state index in [0.29, 0.717) is 5.69 Å². The van der Waals surface area contributed by atoms with Crippen LogP contribution in [0.1, 0.15) is 11.1 Å². The van der Waals surface area contributed by atoms with E-state index in [0.717, 1.165) is 11.1 Å². The Morgan fingerprint density at radius 3 is 2.71 bits per heavy atom. The third-order valence-electron chi connectivity index (χ3n) is 1.79. The number of nitrogens with zero attached hydrogens (tertiary/aromatic N) is 2. The number of carbonyl (C=O) groups excluding carboxylic acids is 2. The predicted octanol–water partition coefficient (Wildman–Crippen LogP) is 1.80. The first-order chi connectivity index (χ1) is 6.79. The Labute approximate surface area is 81.0 Å². The molecule has 0 fully saturated rings. The monoisotopic (exact) mass is 188 g/mol. The lowest BCUT2D eigenvalue weighted by atomic mass is 10.1. The summed E-state index contributed by atoms with van der Waals surface area (Å²) in [5.74, 6) is 0. The molecule has 0 N–H and O–H groups in total. The fourth-order valence-corrected chi connectivity index (χ4v) is 1.17. The summed E-state index contributed by atoms with van der Waals surface area (Å²) in [6, 6.07) is 5.39. The van der Waals surface area contributed by atoms with Crippen molar-refractivity contribution in [2.45, 2.75) is 13.5 Å². The van der Waals surface area contributed by atoms with E-state index >= 15 is 0 Å². The van der Waals surface area contributed by atoms with Gasteiger partial charge in [0.25, 0.3) is 0 Å². The van der Waals surface area contributed by atoms with Gasteiger partial charge in [-0.2, -0.15) is 4.99 Å². The molecule has 1 aromatic carbocycles. The average Bonchev–Trinajstić information content (AvgIpc) is 2.19. The standard InChI is InChI=1S/C10H8N2O2/c1-8-3-2-4-9(5-11-6-13)10(8)12-7-14/h2-4H,5H2,1H3. The number of hydrogen-bond donors (Lipinski definition) is 0. The number of aryl methyl sites for hydroxylation is 1. The van der Waals surface area contributed by atoms with Crippen LogP contribution in [0.3, 0.4) is 0 Å². The molecule has 0 heterocycles. The van der Waals surface area contributed by atoms with Crippen LogP contribution in [0.2, 0.25) is 0 Å². The molecule has 0 aliphatic heterocycles. The lowest BCUT2D eigenvalue weighted by Crippen LogP contribution is -1.85. The van der Waals surface area contributed by atoms with E-state index in [-0.39, 0.29) is 6.54 Å². The summed E-state index contributed by atoms with van der Waals surface area (Å²) in [7, 11) is 0. The van der Waals surface area contributed by atoms with Crippen molar-refractivity contribution < 1.29 is 9.59 Å². The van der Waals surface area contributed by atoms with Crippen LogP contribution in [0.5, 0.6) is 0 Å². The first-order valence-corrected chi connectivity index (χ1v) is 3.99. The van der Waals surface area contributed by atoms with Gasteiger partial charge in [-0.3, -0.25) is 0 Å². The molecule has 1 rings (SSSR count). The Kier molecular flexibility index (Phi) is 3.50. The van der Waals surface area contributed by atoms with Gasteiger partial charge in [-0.25, -0.2) is 14.6 Å². The van der Waals surface area contributed by atoms with Crippen molar-refractivity contribution in [1.82, 2.24) is 0 Å². The smallest absolute Gasteiger partial charge is 0.211 e. The Morgan fingerprint density at radius 1 is 1.29 bits per heavy atom. The van der Waals surface area contributed by atoms with E-state index in [4.69, 9.17) is 0 Å². The second-order valence-corrected chi connectivity index (χ2v) is 2.69. The lowest BCUT2D eigenvalue weighted by molar-refractivity contribution is 0.563. The Hall–Kier alpha value is -2.02. The zero-order valence-corrected chi connectivity index (χ0v) is 7.65. The van der Waals surface area contributed by atoms with Gasteiger partial charge in [-0.1, -0.05) is 18.2 Å². The Balaban J connectivity index is 3.19. The molecule has 0 radical (unpaired) electrons. The van der Waals surface area contributed by atoms with Crippen LogP contribution >= 0.6 is 0 Å². The molecule has 70 valence electrons. The highest BCUT2D eigenvalue weighted by atomic mass is 16.1. The quantitative estimate of drug-likeness (QED) is 0.536. The lowest BCUT2D eigenvalue weighted by Gasteiger charge is -2.02. The minimum absolute atomic E-state index is 0.186. The molecule has 0 aromatic heterocycles. The summed E-state index contributed by atoms with van der Waals surface area (Å²) in [6.07, 6.45) is 2.92. The molecule has 1 aromatic rings. The van der Waals surface area contributed by atoms with Gasteiger partial charge in [-0.15, -0.1) is 0 Å². The van der Waals surface area contributed by atoms with E-state index in [1.165, 1.54) is 12.2 Å². The van der Waals surface area contributed by atoms with Gasteiger partial charge in [0.05, 0.1) is 12.2 Å². The molecular weight excluding hydrogens is 180 g/mol. The largest absolute Gasteiger partial charge is 0.240 e. The molecule has 0 saturated heterocycles. The van der Waals surface area contributed by atoms with Gasteiger partial charge in [0.15, 0.2) is 0 Å². The molecule has 0 saturated carbocycles. The zero-order valence-electron chi connectivity index (χ0n) is 7.65. The fourth-order valence-electron chi connectivity index (χ4n) is 1.17. The molecule has 4 heteroatoms. The SMILES string of the molecule is Cc1cccc(CN=C=O)c1N=C=O. The molecule has 0 amide bonds. The van der Waals surface area contributed by atoms with Gasteiger partial charge >= 0.3 is 0 Å². The maximum absolute atomic E-state index is 10.2. The number of hydrogen-bond acceptors (Lipinski definition) is 4. The molecule has 0 bridgehead atoms. The van der Waals surface area contributed by atoms with Crippen molar-refractivity contribution in [1.29, 1.82) is 0 Å². The van der Waals surface area contributed by atoms with Crippen molar-refractivity contribution in [2.24, 2.45) is 9.98 Å². The molecule has 0 aliphatic rings. The van der Waals surface area contributed by atoms with Gasteiger partial charge < -0.3 is 0 Å². The summed E-state index contributed by atoms with van der Waals surface area (Å²) in [5, 5.41) is 0. The van der Waals surface area contributed by atoms with Gasteiger partial charge in [0.1, 0.15) is 0 Å². The van der Waals surface area contributed by atoms with Crippen molar-refractivity contribution in [3.63, 3.8) is 0 Å². The van der Waals surface area contributed by atoms with Crippen molar-refractivity contribution in [2.75, 3.05) is 0 Å². The Bertz CT molecular complexity index is 428. The molecule has 0 unspecified atom stereocenters. The van der Waals surface area contributed by atoms with Gasteiger partial charge in [0.2, 0.25) is 12.2 Å². The van der Waals surface area contributed by atoms with Crippen LogP contribution in [0, 0.1) is 6.92 Å². The molecule has 0 spiro atoms. The third-order valence-corrected chi connectivity index (χ3v) is 1.79. The Morgan fingerprint density at radius 2 is 2.07 bits per heavy atom. The second-order valence-electron chi connectivity index (χ2n) is 2.69. The number of benzene rings is 1.